The summed E-state index contributed by atoms with van der Waals surface area (Å²) in [5, 5.41) is 3.31. The molecule has 1 atom stereocenters. The smallest absolute Gasteiger partial charge is 0.137 e. The fraction of sp³-hybridized carbons (Fsp3) is 0.200. The third kappa shape index (κ3) is 3.33. The number of benzene rings is 2. The van der Waals surface area contributed by atoms with Gasteiger partial charge in [-0.25, -0.2) is 4.39 Å². The molecule has 0 aromatic heterocycles. The molecule has 1 nitrogen and oxygen atoms in total. The lowest BCUT2D eigenvalue weighted by molar-refractivity contribution is 0.621. The number of nitrogens with one attached hydrogen (secondary N) is 1. The van der Waals surface area contributed by atoms with Gasteiger partial charge in [0.2, 0.25) is 0 Å². The molecular formula is C15H15BrFN. The molecule has 0 aliphatic carbocycles. The highest BCUT2D eigenvalue weighted by molar-refractivity contribution is 9.10. The lowest BCUT2D eigenvalue weighted by Crippen LogP contribution is -2.09. The van der Waals surface area contributed by atoms with Crippen LogP contribution in [0.5, 0.6) is 0 Å². The van der Waals surface area contributed by atoms with E-state index in [4.69, 9.17) is 0 Å². The number of hydrogen-bond acceptors (Lipinski definition) is 1. The van der Waals surface area contributed by atoms with Crippen LogP contribution in [0, 0.1) is 5.82 Å². The van der Waals surface area contributed by atoms with E-state index in [1.54, 1.807) is 12.1 Å². The van der Waals surface area contributed by atoms with Gasteiger partial charge in [-0.2, -0.15) is 0 Å². The Morgan fingerprint density at radius 2 is 1.89 bits per heavy atom. The van der Waals surface area contributed by atoms with Crippen LogP contribution in [-0.4, -0.2) is 6.54 Å². The summed E-state index contributed by atoms with van der Waals surface area (Å²) in [7, 11) is 0. The van der Waals surface area contributed by atoms with Crippen LogP contribution in [0.4, 0.5) is 10.1 Å². The van der Waals surface area contributed by atoms with E-state index < -0.39 is 0 Å². The monoisotopic (exact) mass is 307 g/mol. The van der Waals surface area contributed by atoms with Crippen molar-refractivity contribution in [3.8, 4) is 0 Å². The Morgan fingerprint density at radius 3 is 2.56 bits per heavy atom. The van der Waals surface area contributed by atoms with Gasteiger partial charge in [-0.05, 0) is 45.6 Å². The Hall–Kier alpha value is -1.35. The summed E-state index contributed by atoms with van der Waals surface area (Å²) in [5.41, 5.74) is 2.22. The Bertz CT molecular complexity index is 513. The topological polar surface area (TPSA) is 12.0 Å². The van der Waals surface area contributed by atoms with E-state index in [0.717, 1.165) is 12.2 Å². The molecule has 0 aliphatic heterocycles. The van der Waals surface area contributed by atoms with Gasteiger partial charge in [0.25, 0.3) is 0 Å². The van der Waals surface area contributed by atoms with Crippen molar-refractivity contribution < 1.29 is 4.39 Å². The first-order valence-corrected chi connectivity index (χ1v) is 6.70. The van der Waals surface area contributed by atoms with Crippen LogP contribution in [0.15, 0.2) is 53.0 Å². The molecule has 2 aromatic rings. The lowest BCUT2D eigenvalue weighted by Gasteiger charge is -2.14. The first kappa shape index (κ1) is 13.1. The normalized spacial score (nSPS) is 12.2. The minimum atomic E-state index is -0.239. The van der Waals surface area contributed by atoms with Crippen molar-refractivity contribution in [1.82, 2.24) is 0 Å². The molecule has 2 rings (SSSR count). The van der Waals surface area contributed by atoms with Gasteiger partial charge in [0, 0.05) is 12.2 Å². The Kier molecular flexibility index (Phi) is 4.37. The predicted octanol–water partition coefficient (Wildman–Crippen LogP) is 4.80. The molecule has 3 heteroatoms. The van der Waals surface area contributed by atoms with E-state index in [0.29, 0.717) is 10.4 Å². The van der Waals surface area contributed by atoms with Gasteiger partial charge in [-0.15, -0.1) is 0 Å². The molecule has 0 amide bonds. The molecule has 0 radical (unpaired) electrons. The minimum Gasteiger partial charge on any atom is -0.384 e. The summed E-state index contributed by atoms with van der Waals surface area (Å²) in [6.07, 6.45) is 0. The maximum atomic E-state index is 13.1. The third-order valence-corrected chi connectivity index (χ3v) is 3.51. The Labute approximate surface area is 115 Å². The second-order valence-corrected chi connectivity index (χ2v) is 5.18. The molecule has 0 spiro atoms. The molecule has 1 N–H and O–H groups in total. The van der Waals surface area contributed by atoms with E-state index in [1.807, 2.05) is 18.2 Å². The summed E-state index contributed by atoms with van der Waals surface area (Å²) in [6.45, 7) is 2.99. The largest absolute Gasteiger partial charge is 0.384 e. The van der Waals surface area contributed by atoms with Gasteiger partial charge < -0.3 is 5.32 Å². The number of halogens is 2. The molecule has 0 heterocycles. The molecule has 18 heavy (non-hydrogen) atoms. The highest BCUT2D eigenvalue weighted by Crippen LogP contribution is 2.21. The first-order chi connectivity index (χ1) is 8.66. The zero-order valence-corrected chi connectivity index (χ0v) is 11.7. The summed E-state index contributed by atoms with van der Waals surface area (Å²) >= 11 is 3.18. The van der Waals surface area contributed by atoms with Gasteiger partial charge in [0.1, 0.15) is 5.82 Å². The summed E-state index contributed by atoms with van der Waals surface area (Å²) in [6, 6.07) is 15.3. The molecule has 0 saturated heterocycles. The highest BCUT2D eigenvalue weighted by atomic mass is 79.9. The summed E-state index contributed by atoms with van der Waals surface area (Å²) in [4.78, 5) is 0. The molecule has 94 valence electrons. The molecule has 0 aliphatic rings. The SMILES string of the molecule is CC(CNc1ccc(F)c(Br)c1)c1ccccc1. The molecular weight excluding hydrogens is 293 g/mol. The van der Waals surface area contributed by atoms with Crippen molar-refractivity contribution in [2.75, 3.05) is 11.9 Å². The van der Waals surface area contributed by atoms with E-state index in [-0.39, 0.29) is 5.82 Å². The van der Waals surface area contributed by atoms with Crippen molar-refractivity contribution in [2.45, 2.75) is 12.8 Å². The van der Waals surface area contributed by atoms with Crippen LogP contribution in [0.25, 0.3) is 0 Å². The summed E-state index contributed by atoms with van der Waals surface area (Å²) < 4.78 is 13.6. The average Bonchev–Trinajstić information content (AvgIpc) is 2.41. The van der Waals surface area contributed by atoms with Crippen LogP contribution in [0.1, 0.15) is 18.4 Å². The van der Waals surface area contributed by atoms with E-state index in [2.05, 4.69) is 40.3 Å². The highest BCUT2D eigenvalue weighted by Gasteiger charge is 2.05. The Morgan fingerprint density at radius 1 is 1.17 bits per heavy atom. The van der Waals surface area contributed by atoms with E-state index in [9.17, 15) is 4.39 Å². The number of hydrogen-bond donors (Lipinski definition) is 1. The maximum Gasteiger partial charge on any atom is 0.137 e. The van der Waals surface area contributed by atoms with Crippen molar-refractivity contribution in [2.24, 2.45) is 0 Å². The zero-order valence-electron chi connectivity index (χ0n) is 10.2. The second-order valence-electron chi connectivity index (χ2n) is 4.32. The van der Waals surface area contributed by atoms with Gasteiger partial charge in [-0.3, -0.25) is 0 Å². The second kappa shape index (κ2) is 6.01. The zero-order chi connectivity index (χ0) is 13.0. The van der Waals surface area contributed by atoms with Crippen LogP contribution >= 0.6 is 15.9 Å². The van der Waals surface area contributed by atoms with Crippen molar-refractivity contribution in [3.63, 3.8) is 0 Å². The predicted molar refractivity (Wildman–Crippen MR) is 77.4 cm³/mol. The lowest BCUT2D eigenvalue weighted by atomic mass is 10.0. The molecule has 1 unspecified atom stereocenters. The first-order valence-electron chi connectivity index (χ1n) is 5.90. The van der Waals surface area contributed by atoms with E-state index in [1.165, 1.54) is 11.6 Å². The molecule has 2 aromatic carbocycles. The number of rotatable bonds is 4. The van der Waals surface area contributed by atoms with Gasteiger partial charge in [0.15, 0.2) is 0 Å². The van der Waals surface area contributed by atoms with Crippen molar-refractivity contribution >= 4 is 21.6 Å². The van der Waals surface area contributed by atoms with Crippen molar-refractivity contribution in [3.05, 3.63) is 64.4 Å². The standard InChI is InChI=1S/C15H15BrFN/c1-11(12-5-3-2-4-6-12)10-18-13-7-8-15(17)14(16)9-13/h2-9,11,18H,10H2,1H3. The Balaban J connectivity index is 1.97. The maximum absolute atomic E-state index is 13.1. The third-order valence-electron chi connectivity index (χ3n) is 2.90. The van der Waals surface area contributed by atoms with Crippen LogP contribution < -0.4 is 5.32 Å². The average molecular weight is 308 g/mol. The van der Waals surface area contributed by atoms with Gasteiger partial charge in [-0.1, -0.05) is 37.3 Å². The number of anilines is 1. The van der Waals surface area contributed by atoms with Crippen LogP contribution in [-0.2, 0) is 0 Å². The van der Waals surface area contributed by atoms with Crippen LogP contribution in [0.3, 0.4) is 0 Å². The van der Waals surface area contributed by atoms with E-state index >= 15 is 0 Å². The molecule has 0 saturated carbocycles. The fourth-order valence-electron chi connectivity index (χ4n) is 1.78. The van der Waals surface area contributed by atoms with Gasteiger partial charge >= 0.3 is 0 Å². The minimum absolute atomic E-state index is 0.239. The molecule has 0 fully saturated rings. The summed E-state index contributed by atoms with van der Waals surface area (Å²) in [5.74, 6) is 0.173. The quantitative estimate of drug-likeness (QED) is 0.855. The fourth-order valence-corrected chi connectivity index (χ4v) is 2.16. The van der Waals surface area contributed by atoms with Gasteiger partial charge in [0.05, 0.1) is 4.47 Å². The van der Waals surface area contributed by atoms with Crippen molar-refractivity contribution in [1.29, 1.82) is 0 Å². The van der Waals surface area contributed by atoms with Crippen LogP contribution in [0.2, 0.25) is 0 Å². The molecule has 0 bridgehead atoms.